The lowest BCUT2D eigenvalue weighted by Crippen LogP contribution is -2.29. The number of hydrogen-bond acceptors (Lipinski definition) is 4. The molecule has 3 rings (SSSR count). The summed E-state index contributed by atoms with van der Waals surface area (Å²) >= 11 is 1.23. The Bertz CT molecular complexity index is 681. The number of carbonyl (C=O) groups is 2. The molecule has 0 aliphatic carbocycles. The molecule has 98 valence electrons. The van der Waals surface area contributed by atoms with Gasteiger partial charge in [0.2, 0.25) is 0 Å². The molecular formula is C12H12N4O2S. The molecule has 0 unspecified atom stereocenters. The van der Waals surface area contributed by atoms with Crippen molar-refractivity contribution in [3.63, 3.8) is 0 Å². The maximum atomic E-state index is 11.9. The highest BCUT2D eigenvalue weighted by Gasteiger charge is 2.27. The fourth-order valence-corrected chi connectivity index (χ4v) is 2.92. The summed E-state index contributed by atoms with van der Waals surface area (Å²) in [6.45, 7) is 1.34. The molecule has 0 spiro atoms. The fraction of sp³-hybridized carbons (Fsp3) is 0.250. The zero-order valence-electron chi connectivity index (χ0n) is 10.3. The van der Waals surface area contributed by atoms with E-state index in [4.69, 9.17) is 5.73 Å². The normalized spacial score (nSPS) is 15.5. The summed E-state index contributed by atoms with van der Waals surface area (Å²) in [5.74, 6) is -0.548. The van der Waals surface area contributed by atoms with Crippen LogP contribution in [0.3, 0.4) is 0 Å². The first-order valence-corrected chi connectivity index (χ1v) is 6.57. The molecule has 1 aliphatic rings. The van der Waals surface area contributed by atoms with Gasteiger partial charge in [0.25, 0.3) is 5.91 Å². The molecule has 6 nitrogen and oxygen atoms in total. The van der Waals surface area contributed by atoms with Crippen molar-refractivity contribution in [3.05, 3.63) is 23.9 Å². The Balaban J connectivity index is 2.08. The number of urea groups is 1. The molecule has 0 saturated carbocycles. The van der Waals surface area contributed by atoms with Gasteiger partial charge in [-0.05, 0) is 29.7 Å². The van der Waals surface area contributed by atoms with Gasteiger partial charge >= 0.3 is 6.03 Å². The van der Waals surface area contributed by atoms with Crippen LogP contribution in [0.1, 0.15) is 10.5 Å². The molecule has 0 atom stereocenters. The van der Waals surface area contributed by atoms with E-state index in [0.29, 0.717) is 18.5 Å². The average molecular weight is 276 g/mol. The van der Waals surface area contributed by atoms with Crippen LogP contribution in [0.2, 0.25) is 0 Å². The van der Waals surface area contributed by atoms with Gasteiger partial charge in [0.1, 0.15) is 5.69 Å². The van der Waals surface area contributed by atoms with E-state index < -0.39 is 5.91 Å². The number of nitrogens with zero attached hydrogens (tertiary/aromatic N) is 3. The average Bonchev–Trinajstić information content (AvgIpc) is 2.94. The molecule has 1 aromatic carbocycles. The van der Waals surface area contributed by atoms with Gasteiger partial charge in [-0.15, -0.1) is 0 Å². The van der Waals surface area contributed by atoms with E-state index in [0.717, 1.165) is 10.4 Å². The second-order valence-corrected chi connectivity index (χ2v) is 5.24. The van der Waals surface area contributed by atoms with Crippen LogP contribution in [-0.4, -0.2) is 41.3 Å². The van der Waals surface area contributed by atoms with Crippen molar-refractivity contribution >= 4 is 39.2 Å². The Kier molecular flexibility index (Phi) is 2.63. The van der Waals surface area contributed by atoms with E-state index >= 15 is 0 Å². The second-order valence-electron chi connectivity index (χ2n) is 4.43. The Labute approximate surface area is 113 Å². The maximum Gasteiger partial charge on any atom is 0.324 e. The van der Waals surface area contributed by atoms with E-state index in [9.17, 15) is 9.59 Å². The summed E-state index contributed by atoms with van der Waals surface area (Å²) in [6, 6.07) is 5.49. The molecule has 1 aliphatic heterocycles. The van der Waals surface area contributed by atoms with Gasteiger partial charge in [-0.1, -0.05) is 0 Å². The fourth-order valence-electron chi connectivity index (χ4n) is 2.16. The van der Waals surface area contributed by atoms with Gasteiger partial charge in [-0.3, -0.25) is 9.69 Å². The number of carbonyl (C=O) groups excluding carboxylic acids is 2. The number of fused-ring (bicyclic) bond motifs is 1. The molecule has 3 amide bonds. The molecule has 2 heterocycles. The van der Waals surface area contributed by atoms with Crippen LogP contribution in [0.25, 0.3) is 10.1 Å². The summed E-state index contributed by atoms with van der Waals surface area (Å²) in [5, 5.41) is 0.706. The molecule has 2 aromatic rings. The molecular weight excluding hydrogens is 264 g/mol. The number of likely N-dealkylation sites (N-methyl/N-ethyl adjacent to an activating group) is 1. The molecule has 1 fully saturated rings. The number of anilines is 1. The Hall–Kier alpha value is -2.15. The second kappa shape index (κ2) is 4.20. The van der Waals surface area contributed by atoms with Crippen molar-refractivity contribution in [1.82, 2.24) is 9.27 Å². The minimum Gasteiger partial charge on any atom is -0.364 e. The van der Waals surface area contributed by atoms with Gasteiger partial charge in [-0.25, -0.2) is 4.79 Å². The van der Waals surface area contributed by atoms with Gasteiger partial charge in [0, 0.05) is 31.2 Å². The Morgan fingerprint density at radius 2 is 2.21 bits per heavy atom. The highest BCUT2D eigenvalue weighted by Crippen LogP contribution is 2.29. The van der Waals surface area contributed by atoms with E-state index in [2.05, 4.69) is 4.37 Å². The third-order valence-corrected chi connectivity index (χ3v) is 4.04. The van der Waals surface area contributed by atoms with E-state index in [-0.39, 0.29) is 11.7 Å². The predicted molar refractivity (Wildman–Crippen MR) is 73.5 cm³/mol. The molecule has 19 heavy (non-hydrogen) atoms. The zero-order valence-corrected chi connectivity index (χ0v) is 11.1. The molecule has 2 N–H and O–H groups in total. The van der Waals surface area contributed by atoms with Crippen LogP contribution in [0.4, 0.5) is 10.5 Å². The third kappa shape index (κ3) is 1.82. The van der Waals surface area contributed by atoms with Crippen molar-refractivity contribution in [3.8, 4) is 0 Å². The number of nitrogens with two attached hydrogens (primary N) is 1. The number of rotatable bonds is 2. The maximum absolute atomic E-state index is 11.9. The topological polar surface area (TPSA) is 79.5 Å². The van der Waals surface area contributed by atoms with Gasteiger partial charge in [0.15, 0.2) is 0 Å². The highest BCUT2D eigenvalue weighted by atomic mass is 32.1. The van der Waals surface area contributed by atoms with Crippen molar-refractivity contribution in [2.75, 3.05) is 25.0 Å². The molecule has 0 bridgehead atoms. The molecule has 7 heteroatoms. The largest absolute Gasteiger partial charge is 0.364 e. The Morgan fingerprint density at radius 1 is 1.42 bits per heavy atom. The zero-order chi connectivity index (χ0) is 13.6. The van der Waals surface area contributed by atoms with Crippen LogP contribution in [0.5, 0.6) is 0 Å². The number of benzene rings is 1. The first-order valence-electron chi connectivity index (χ1n) is 5.80. The lowest BCUT2D eigenvalue weighted by Gasteiger charge is -2.16. The number of primary amides is 1. The van der Waals surface area contributed by atoms with E-state index in [1.165, 1.54) is 11.5 Å². The number of amides is 3. The summed E-state index contributed by atoms with van der Waals surface area (Å²) in [4.78, 5) is 26.6. The lowest BCUT2D eigenvalue weighted by molar-refractivity contribution is 0.0998. The molecule has 1 aromatic heterocycles. The van der Waals surface area contributed by atoms with Crippen molar-refractivity contribution in [2.24, 2.45) is 5.73 Å². The van der Waals surface area contributed by atoms with Gasteiger partial charge in [0.05, 0.1) is 4.70 Å². The van der Waals surface area contributed by atoms with Crippen molar-refractivity contribution in [1.29, 1.82) is 0 Å². The number of hydrogen-bond donors (Lipinski definition) is 1. The minimum absolute atomic E-state index is 0.0387. The van der Waals surface area contributed by atoms with E-state index in [1.807, 2.05) is 12.1 Å². The van der Waals surface area contributed by atoms with Crippen LogP contribution in [0, 0.1) is 0 Å². The quantitative estimate of drug-likeness (QED) is 0.897. The summed E-state index contributed by atoms with van der Waals surface area (Å²) in [7, 11) is 1.77. The lowest BCUT2D eigenvalue weighted by atomic mass is 10.2. The van der Waals surface area contributed by atoms with Crippen LogP contribution < -0.4 is 10.6 Å². The molecule has 1 saturated heterocycles. The van der Waals surface area contributed by atoms with Gasteiger partial charge in [-0.2, -0.15) is 4.37 Å². The first-order chi connectivity index (χ1) is 9.08. The third-order valence-electron chi connectivity index (χ3n) is 3.22. The summed E-state index contributed by atoms with van der Waals surface area (Å²) < 4.78 is 4.94. The summed E-state index contributed by atoms with van der Waals surface area (Å²) in [5.41, 5.74) is 6.33. The summed E-state index contributed by atoms with van der Waals surface area (Å²) in [6.07, 6.45) is 0. The van der Waals surface area contributed by atoms with Gasteiger partial charge < -0.3 is 10.6 Å². The SMILES string of the molecule is CN1CCN(c2ccc3snc(C(N)=O)c3c2)C1=O. The smallest absolute Gasteiger partial charge is 0.324 e. The standard InChI is InChI=1S/C12H12N4O2S/c1-15-4-5-16(12(15)18)7-2-3-9-8(6-7)10(11(13)17)14-19-9/h2-3,6H,4-5H2,1H3,(H2,13,17). The van der Waals surface area contributed by atoms with Crippen molar-refractivity contribution < 1.29 is 9.59 Å². The number of aromatic nitrogens is 1. The van der Waals surface area contributed by atoms with Crippen LogP contribution in [0.15, 0.2) is 18.2 Å². The van der Waals surface area contributed by atoms with Crippen LogP contribution >= 0.6 is 11.5 Å². The van der Waals surface area contributed by atoms with Crippen LogP contribution in [-0.2, 0) is 0 Å². The minimum atomic E-state index is -0.548. The highest BCUT2D eigenvalue weighted by molar-refractivity contribution is 7.13. The van der Waals surface area contributed by atoms with Crippen molar-refractivity contribution in [2.45, 2.75) is 0 Å². The monoisotopic (exact) mass is 276 g/mol. The first kappa shape index (κ1) is 11.9. The predicted octanol–water partition coefficient (Wildman–Crippen LogP) is 1.27. The van der Waals surface area contributed by atoms with E-state index in [1.54, 1.807) is 22.9 Å². The molecule has 0 radical (unpaired) electrons. The Morgan fingerprint density at radius 3 is 2.84 bits per heavy atom.